The third-order valence-corrected chi connectivity index (χ3v) is 3.11. The van der Waals surface area contributed by atoms with Crippen LogP contribution in [0.3, 0.4) is 0 Å². The van der Waals surface area contributed by atoms with Crippen molar-refractivity contribution in [2.24, 2.45) is 0 Å². The molecule has 0 fully saturated rings. The number of aromatic carboxylic acids is 1. The summed E-state index contributed by atoms with van der Waals surface area (Å²) in [5.74, 6) is -1.16. The zero-order valence-corrected chi connectivity index (χ0v) is 9.80. The van der Waals surface area contributed by atoms with Crippen LogP contribution in [0.4, 0.5) is 0 Å². The highest BCUT2D eigenvalue weighted by Crippen LogP contribution is 2.22. The zero-order valence-electron chi connectivity index (χ0n) is 8.98. The van der Waals surface area contributed by atoms with Crippen LogP contribution in [0.2, 0.25) is 0 Å². The van der Waals surface area contributed by atoms with Crippen molar-refractivity contribution in [1.82, 2.24) is 10.2 Å². The van der Waals surface area contributed by atoms with Gasteiger partial charge in [-0.3, -0.25) is 15.0 Å². The second-order valence-corrected chi connectivity index (χ2v) is 4.24. The molecule has 2 aromatic rings. The standard InChI is InChI=1S/C11H10N2O3S/c1-17-7-4-2-6(3-5-7)8-9(11(15)16)12-13-10(8)14/h2-5H,1H3,(H,15,16)(H2,12,13,14). The SMILES string of the molecule is CSc1ccc(-c2c(C(=O)O)[nH][nH]c2=O)cc1. The van der Waals surface area contributed by atoms with Crippen LogP contribution in [0.5, 0.6) is 0 Å². The number of hydrogen-bond donors (Lipinski definition) is 3. The van der Waals surface area contributed by atoms with E-state index in [1.54, 1.807) is 23.9 Å². The number of aromatic amines is 2. The second kappa shape index (κ2) is 4.50. The highest BCUT2D eigenvalue weighted by atomic mass is 32.2. The van der Waals surface area contributed by atoms with Gasteiger partial charge in [0, 0.05) is 4.90 Å². The van der Waals surface area contributed by atoms with E-state index in [9.17, 15) is 9.59 Å². The van der Waals surface area contributed by atoms with Gasteiger partial charge in [-0.2, -0.15) is 0 Å². The van der Waals surface area contributed by atoms with E-state index in [0.717, 1.165) is 4.90 Å². The Kier molecular flexibility index (Phi) is 3.06. The fourth-order valence-corrected chi connectivity index (χ4v) is 1.96. The molecule has 5 nitrogen and oxygen atoms in total. The first-order valence-corrected chi connectivity index (χ1v) is 6.04. The number of aromatic nitrogens is 2. The molecule has 1 aromatic carbocycles. The van der Waals surface area contributed by atoms with E-state index in [1.807, 2.05) is 18.4 Å². The molecule has 88 valence electrons. The van der Waals surface area contributed by atoms with Crippen molar-refractivity contribution in [3.05, 3.63) is 40.3 Å². The molecule has 1 heterocycles. The number of rotatable bonds is 3. The van der Waals surface area contributed by atoms with Gasteiger partial charge in [0.1, 0.15) is 0 Å². The monoisotopic (exact) mass is 250 g/mol. The summed E-state index contributed by atoms with van der Waals surface area (Å²) < 4.78 is 0. The molecule has 0 aliphatic carbocycles. The Hall–Kier alpha value is -1.95. The van der Waals surface area contributed by atoms with Gasteiger partial charge in [0.05, 0.1) is 5.56 Å². The fourth-order valence-electron chi connectivity index (χ4n) is 1.55. The number of nitrogens with one attached hydrogen (secondary N) is 2. The van der Waals surface area contributed by atoms with Crippen LogP contribution in [0.1, 0.15) is 10.5 Å². The lowest BCUT2D eigenvalue weighted by Gasteiger charge is -2.00. The van der Waals surface area contributed by atoms with Gasteiger partial charge >= 0.3 is 5.97 Å². The Labute approximate surface area is 101 Å². The van der Waals surface area contributed by atoms with E-state index in [0.29, 0.717) is 5.56 Å². The number of hydrogen-bond acceptors (Lipinski definition) is 3. The summed E-state index contributed by atoms with van der Waals surface area (Å²) in [5, 5.41) is 13.6. The molecule has 0 aliphatic heterocycles. The summed E-state index contributed by atoms with van der Waals surface area (Å²) in [4.78, 5) is 23.5. The predicted octanol–water partition coefficient (Wildman–Crippen LogP) is 1.79. The molecule has 0 spiro atoms. The van der Waals surface area contributed by atoms with E-state index in [2.05, 4.69) is 10.2 Å². The van der Waals surface area contributed by atoms with Crippen molar-refractivity contribution in [3.8, 4) is 11.1 Å². The third kappa shape index (κ3) is 2.12. The first-order valence-electron chi connectivity index (χ1n) is 4.82. The van der Waals surface area contributed by atoms with Crippen molar-refractivity contribution in [1.29, 1.82) is 0 Å². The first kappa shape index (κ1) is 11.5. The van der Waals surface area contributed by atoms with Crippen LogP contribution in [-0.2, 0) is 0 Å². The molecule has 17 heavy (non-hydrogen) atoms. The van der Waals surface area contributed by atoms with E-state index in [4.69, 9.17) is 5.11 Å². The highest BCUT2D eigenvalue weighted by molar-refractivity contribution is 7.98. The molecule has 0 bridgehead atoms. The number of H-pyrrole nitrogens is 2. The Morgan fingerprint density at radius 1 is 1.24 bits per heavy atom. The minimum Gasteiger partial charge on any atom is -0.477 e. The van der Waals surface area contributed by atoms with Crippen LogP contribution in [0.25, 0.3) is 11.1 Å². The van der Waals surface area contributed by atoms with Gasteiger partial charge in [-0.15, -0.1) is 11.8 Å². The van der Waals surface area contributed by atoms with Gasteiger partial charge in [0.2, 0.25) is 0 Å². The van der Waals surface area contributed by atoms with Gasteiger partial charge in [-0.25, -0.2) is 4.79 Å². The molecule has 0 aliphatic rings. The molecule has 0 atom stereocenters. The summed E-state index contributed by atoms with van der Waals surface area (Å²) in [5.41, 5.74) is 0.194. The van der Waals surface area contributed by atoms with E-state index < -0.39 is 11.5 Å². The summed E-state index contributed by atoms with van der Waals surface area (Å²) in [7, 11) is 0. The van der Waals surface area contributed by atoms with E-state index in [-0.39, 0.29) is 11.3 Å². The number of thioether (sulfide) groups is 1. The Balaban J connectivity index is 2.55. The lowest BCUT2D eigenvalue weighted by molar-refractivity contribution is 0.0691. The van der Waals surface area contributed by atoms with Crippen molar-refractivity contribution in [2.75, 3.05) is 6.26 Å². The Bertz CT molecular complexity index is 598. The minimum absolute atomic E-state index is 0.119. The van der Waals surface area contributed by atoms with E-state index in [1.165, 1.54) is 0 Å². The average Bonchev–Trinajstić information content (AvgIpc) is 2.71. The summed E-state index contributed by atoms with van der Waals surface area (Å²) >= 11 is 1.58. The van der Waals surface area contributed by atoms with Crippen LogP contribution in [0.15, 0.2) is 34.0 Å². The number of carboxylic acid groups (broad SMARTS) is 1. The quantitative estimate of drug-likeness (QED) is 0.725. The van der Waals surface area contributed by atoms with Gasteiger partial charge in [0.25, 0.3) is 5.56 Å². The second-order valence-electron chi connectivity index (χ2n) is 3.36. The number of benzene rings is 1. The maximum Gasteiger partial charge on any atom is 0.354 e. The van der Waals surface area contributed by atoms with Gasteiger partial charge in [-0.1, -0.05) is 12.1 Å². The largest absolute Gasteiger partial charge is 0.477 e. The fraction of sp³-hybridized carbons (Fsp3) is 0.0909. The van der Waals surface area contributed by atoms with Crippen LogP contribution >= 0.6 is 11.8 Å². The van der Waals surface area contributed by atoms with Crippen LogP contribution < -0.4 is 5.56 Å². The number of carbonyl (C=O) groups is 1. The Morgan fingerprint density at radius 2 is 1.88 bits per heavy atom. The normalized spacial score (nSPS) is 10.4. The van der Waals surface area contributed by atoms with Crippen molar-refractivity contribution < 1.29 is 9.90 Å². The molecule has 0 amide bonds. The van der Waals surface area contributed by atoms with Crippen LogP contribution in [0, 0.1) is 0 Å². The molecule has 0 saturated carbocycles. The van der Waals surface area contributed by atoms with Crippen molar-refractivity contribution in [2.45, 2.75) is 4.90 Å². The number of carboxylic acids is 1. The summed E-state index contributed by atoms with van der Waals surface area (Å²) in [6.07, 6.45) is 1.95. The first-order chi connectivity index (χ1) is 8.13. The van der Waals surface area contributed by atoms with Gasteiger partial charge in [-0.05, 0) is 24.0 Å². The van der Waals surface area contributed by atoms with E-state index >= 15 is 0 Å². The molecule has 1 aromatic heterocycles. The maximum atomic E-state index is 11.5. The van der Waals surface area contributed by atoms with Crippen molar-refractivity contribution in [3.63, 3.8) is 0 Å². The van der Waals surface area contributed by atoms with Crippen molar-refractivity contribution >= 4 is 17.7 Å². The maximum absolute atomic E-state index is 11.5. The van der Waals surface area contributed by atoms with Crippen LogP contribution in [-0.4, -0.2) is 27.5 Å². The molecule has 0 saturated heterocycles. The zero-order chi connectivity index (χ0) is 12.4. The lowest BCUT2D eigenvalue weighted by atomic mass is 10.1. The highest BCUT2D eigenvalue weighted by Gasteiger charge is 2.17. The molecule has 3 N–H and O–H groups in total. The van der Waals surface area contributed by atoms with Gasteiger partial charge in [0.15, 0.2) is 5.69 Å². The predicted molar refractivity (Wildman–Crippen MR) is 65.6 cm³/mol. The molecular weight excluding hydrogens is 240 g/mol. The molecular formula is C11H10N2O3S. The molecule has 0 radical (unpaired) electrons. The average molecular weight is 250 g/mol. The minimum atomic E-state index is -1.16. The smallest absolute Gasteiger partial charge is 0.354 e. The Morgan fingerprint density at radius 3 is 2.41 bits per heavy atom. The summed E-state index contributed by atoms with van der Waals surface area (Å²) in [6, 6.07) is 7.16. The van der Waals surface area contributed by atoms with Gasteiger partial charge < -0.3 is 5.11 Å². The molecule has 0 unspecified atom stereocenters. The topological polar surface area (TPSA) is 85.9 Å². The summed E-state index contributed by atoms with van der Waals surface area (Å²) in [6.45, 7) is 0. The molecule has 2 rings (SSSR count). The lowest BCUT2D eigenvalue weighted by Crippen LogP contribution is -2.04. The molecule has 6 heteroatoms. The third-order valence-electron chi connectivity index (χ3n) is 2.37.